The van der Waals surface area contributed by atoms with Crippen molar-refractivity contribution >= 4 is 23.5 Å². The molecule has 148 valence electrons. The first kappa shape index (κ1) is 20.7. The van der Waals surface area contributed by atoms with Gasteiger partial charge >= 0.3 is 5.97 Å². The predicted molar refractivity (Wildman–Crippen MR) is 115 cm³/mol. The number of rotatable bonds is 7. The average Bonchev–Trinajstić information content (AvgIpc) is 2.70. The number of phenolic OH excluding ortho intramolecular Hbond substituents is 1. The number of benzene rings is 3. The van der Waals surface area contributed by atoms with Gasteiger partial charge in [0.15, 0.2) is 5.78 Å². The molecule has 0 aliphatic carbocycles. The van der Waals surface area contributed by atoms with Gasteiger partial charge in [0.2, 0.25) is 0 Å². The Bertz CT molecular complexity index is 1040. The molecule has 0 bridgehead atoms. The van der Waals surface area contributed by atoms with Crippen LogP contribution in [0.2, 0.25) is 0 Å². The number of thioether (sulfide) groups is 1. The van der Waals surface area contributed by atoms with Crippen molar-refractivity contribution in [2.75, 3.05) is 0 Å². The fraction of sp³-hybridized carbons (Fsp3) is 0.167. The van der Waals surface area contributed by atoms with Crippen LogP contribution in [-0.2, 0) is 12.2 Å². The van der Waals surface area contributed by atoms with Crippen LogP contribution in [-0.4, -0.2) is 22.0 Å². The second kappa shape index (κ2) is 8.97. The van der Waals surface area contributed by atoms with E-state index in [1.165, 1.54) is 6.92 Å². The van der Waals surface area contributed by atoms with E-state index in [0.29, 0.717) is 11.1 Å². The Balaban J connectivity index is 1.63. The van der Waals surface area contributed by atoms with Gasteiger partial charge in [-0.05, 0) is 61.2 Å². The number of hydrogen-bond acceptors (Lipinski definition) is 4. The van der Waals surface area contributed by atoms with Crippen LogP contribution in [0.25, 0.3) is 0 Å². The molecule has 0 radical (unpaired) electrons. The van der Waals surface area contributed by atoms with E-state index in [0.717, 1.165) is 39.3 Å². The molecule has 4 nitrogen and oxygen atoms in total. The molecule has 3 aromatic rings. The molecule has 0 aromatic heterocycles. The summed E-state index contributed by atoms with van der Waals surface area (Å²) < 4.78 is 0. The summed E-state index contributed by atoms with van der Waals surface area (Å²) in [5.74, 6) is -0.243. The van der Waals surface area contributed by atoms with Crippen molar-refractivity contribution < 1.29 is 19.8 Å². The highest BCUT2D eigenvalue weighted by atomic mass is 32.2. The van der Waals surface area contributed by atoms with Gasteiger partial charge in [0, 0.05) is 16.2 Å². The first-order valence-electron chi connectivity index (χ1n) is 9.21. The summed E-state index contributed by atoms with van der Waals surface area (Å²) in [4.78, 5) is 23.4. The predicted octanol–water partition coefficient (Wildman–Crippen LogP) is 5.48. The summed E-state index contributed by atoms with van der Waals surface area (Å²) >= 11 is 1.62. The monoisotopic (exact) mass is 406 g/mol. The lowest BCUT2D eigenvalue weighted by Crippen LogP contribution is -1.96. The number of phenols is 1. The zero-order valence-corrected chi connectivity index (χ0v) is 17.1. The lowest BCUT2D eigenvalue weighted by Gasteiger charge is -2.10. The molecule has 0 amide bonds. The first-order chi connectivity index (χ1) is 13.8. The number of carbonyl (C=O) groups is 2. The van der Waals surface area contributed by atoms with Crippen LogP contribution in [0.4, 0.5) is 0 Å². The number of carboxylic acids is 1. The second-order valence-electron chi connectivity index (χ2n) is 6.93. The summed E-state index contributed by atoms with van der Waals surface area (Å²) in [6.07, 6.45) is 0.743. The van der Waals surface area contributed by atoms with Crippen LogP contribution in [0.1, 0.15) is 49.9 Å². The molecular weight excluding hydrogens is 384 g/mol. The van der Waals surface area contributed by atoms with Crippen molar-refractivity contribution in [3.63, 3.8) is 0 Å². The maximum Gasteiger partial charge on any atom is 0.335 e. The van der Waals surface area contributed by atoms with Gasteiger partial charge in [-0.15, -0.1) is 11.8 Å². The van der Waals surface area contributed by atoms with Crippen LogP contribution in [0, 0.1) is 6.92 Å². The number of Topliss-reactive ketones (excluding diaryl/α,β-unsaturated/α-hetero) is 1. The molecular formula is C24H22O4S. The lowest BCUT2D eigenvalue weighted by molar-refractivity contribution is 0.0696. The standard InChI is InChI=1S/C24H22O4S/c1-15-22(12-11-21(16(2)25)23(15)26)29-14-19-5-3-17(4-6-19)13-18-7-9-20(10-8-18)24(27)28/h3-12,26H,13-14H2,1-2H3,(H,27,28). The van der Waals surface area contributed by atoms with Gasteiger partial charge < -0.3 is 10.2 Å². The number of aromatic hydroxyl groups is 1. The average molecular weight is 407 g/mol. The minimum absolute atomic E-state index is 0.0618. The molecule has 0 fully saturated rings. The SMILES string of the molecule is CC(=O)c1ccc(SCc2ccc(Cc3ccc(C(=O)O)cc3)cc2)c(C)c1O. The quantitative estimate of drug-likeness (QED) is 0.401. The summed E-state index contributed by atoms with van der Waals surface area (Å²) in [6, 6.07) is 18.8. The van der Waals surface area contributed by atoms with Gasteiger partial charge in [-0.1, -0.05) is 36.4 Å². The van der Waals surface area contributed by atoms with E-state index in [2.05, 4.69) is 24.3 Å². The highest BCUT2D eigenvalue weighted by Crippen LogP contribution is 2.33. The molecule has 0 heterocycles. The number of ketones is 1. The van der Waals surface area contributed by atoms with Crippen LogP contribution in [0.15, 0.2) is 65.6 Å². The molecule has 3 aromatic carbocycles. The Morgan fingerprint density at radius 2 is 1.41 bits per heavy atom. The minimum atomic E-state index is -0.919. The van der Waals surface area contributed by atoms with Gasteiger partial charge in [-0.3, -0.25) is 4.79 Å². The van der Waals surface area contributed by atoms with Crippen molar-refractivity contribution in [2.45, 2.75) is 30.9 Å². The van der Waals surface area contributed by atoms with Gasteiger partial charge in [0.25, 0.3) is 0 Å². The Morgan fingerprint density at radius 3 is 1.97 bits per heavy atom. The maximum atomic E-state index is 11.5. The third kappa shape index (κ3) is 5.06. The molecule has 0 spiro atoms. The molecule has 0 atom stereocenters. The first-order valence-corrected chi connectivity index (χ1v) is 10.2. The van der Waals surface area contributed by atoms with Crippen molar-refractivity contribution in [1.29, 1.82) is 0 Å². The van der Waals surface area contributed by atoms with Crippen LogP contribution in [0.5, 0.6) is 5.75 Å². The molecule has 0 aliphatic rings. The van der Waals surface area contributed by atoms with E-state index in [1.54, 1.807) is 30.0 Å². The van der Waals surface area contributed by atoms with Crippen molar-refractivity contribution in [1.82, 2.24) is 0 Å². The molecule has 3 rings (SSSR count). The fourth-order valence-electron chi connectivity index (χ4n) is 3.04. The highest BCUT2D eigenvalue weighted by molar-refractivity contribution is 7.98. The number of carbonyl (C=O) groups excluding carboxylic acids is 1. The second-order valence-corrected chi connectivity index (χ2v) is 7.94. The molecule has 0 saturated carbocycles. The van der Waals surface area contributed by atoms with E-state index in [-0.39, 0.29) is 11.5 Å². The molecule has 0 aliphatic heterocycles. The molecule has 29 heavy (non-hydrogen) atoms. The number of carboxylic acid groups (broad SMARTS) is 1. The van der Waals surface area contributed by atoms with Gasteiger partial charge in [0.1, 0.15) is 5.75 Å². The van der Waals surface area contributed by atoms with Crippen LogP contribution >= 0.6 is 11.8 Å². The van der Waals surface area contributed by atoms with Crippen molar-refractivity contribution in [3.05, 3.63) is 94.0 Å². The third-order valence-corrected chi connectivity index (χ3v) is 6.02. The minimum Gasteiger partial charge on any atom is -0.507 e. The zero-order chi connectivity index (χ0) is 21.0. The summed E-state index contributed by atoms with van der Waals surface area (Å²) in [5, 5.41) is 19.2. The molecule has 0 unspecified atom stereocenters. The molecule has 5 heteroatoms. The number of aromatic carboxylic acids is 1. The Kier molecular flexibility index (Phi) is 6.39. The van der Waals surface area contributed by atoms with Gasteiger partial charge in [-0.2, -0.15) is 0 Å². The smallest absolute Gasteiger partial charge is 0.335 e. The van der Waals surface area contributed by atoms with E-state index >= 15 is 0 Å². The van der Waals surface area contributed by atoms with E-state index < -0.39 is 5.97 Å². The van der Waals surface area contributed by atoms with Crippen LogP contribution < -0.4 is 0 Å². The van der Waals surface area contributed by atoms with Crippen LogP contribution in [0.3, 0.4) is 0 Å². The zero-order valence-electron chi connectivity index (χ0n) is 16.3. The lowest BCUT2D eigenvalue weighted by atomic mass is 10.0. The summed E-state index contributed by atoms with van der Waals surface area (Å²) in [6.45, 7) is 3.27. The van der Waals surface area contributed by atoms with Crippen molar-refractivity contribution in [2.24, 2.45) is 0 Å². The van der Waals surface area contributed by atoms with E-state index in [1.807, 2.05) is 25.1 Å². The fourth-order valence-corrected chi connectivity index (χ4v) is 4.03. The number of hydrogen-bond donors (Lipinski definition) is 2. The van der Waals surface area contributed by atoms with Gasteiger partial charge in [-0.25, -0.2) is 4.79 Å². The van der Waals surface area contributed by atoms with E-state index in [4.69, 9.17) is 5.11 Å². The summed E-state index contributed by atoms with van der Waals surface area (Å²) in [7, 11) is 0. The third-order valence-electron chi connectivity index (χ3n) is 4.79. The Hall–Kier alpha value is -3.05. The Morgan fingerprint density at radius 1 is 0.862 bits per heavy atom. The molecule has 2 N–H and O–H groups in total. The Labute approximate surface area is 174 Å². The van der Waals surface area contributed by atoms with Crippen molar-refractivity contribution in [3.8, 4) is 5.75 Å². The largest absolute Gasteiger partial charge is 0.507 e. The van der Waals surface area contributed by atoms with E-state index in [9.17, 15) is 14.7 Å². The van der Waals surface area contributed by atoms with Gasteiger partial charge in [0.05, 0.1) is 11.1 Å². The normalized spacial score (nSPS) is 10.7. The maximum absolute atomic E-state index is 11.5. The highest BCUT2D eigenvalue weighted by Gasteiger charge is 2.12. The molecule has 0 saturated heterocycles. The summed E-state index contributed by atoms with van der Waals surface area (Å²) in [5.41, 5.74) is 4.75. The topological polar surface area (TPSA) is 74.6 Å².